The number of pyridine rings is 1. The maximum atomic E-state index is 7.62. The predicted octanol–water partition coefficient (Wildman–Crippen LogP) is 2.31. The fourth-order valence-corrected chi connectivity index (χ4v) is 2.56. The molecule has 4 nitrogen and oxygen atoms in total. The fourth-order valence-electron chi connectivity index (χ4n) is 2.21. The number of halogens is 1. The summed E-state index contributed by atoms with van der Waals surface area (Å²) in [6, 6.07) is 5.73. The summed E-state index contributed by atoms with van der Waals surface area (Å²) in [5.74, 6) is 0. The van der Waals surface area contributed by atoms with Crippen molar-refractivity contribution in [1.29, 1.82) is 5.41 Å². The molecular formula is C14H19BrN3O+. The molecule has 102 valence electrons. The Balaban J connectivity index is 2.18. The van der Waals surface area contributed by atoms with E-state index in [1.54, 1.807) is 0 Å². The highest BCUT2D eigenvalue weighted by molar-refractivity contribution is 9.10. The van der Waals surface area contributed by atoms with Crippen molar-refractivity contribution in [2.45, 2.75) is 32.4 Å². The lowest BCUT2D eigenvalue weighted by molar-refractivity contribution is -0.688. The Labute approximate surface area is 121 Å². The Hall–Kier alpha value is -1.04. The number of rotatable bonds is 4. The second-order valence-electron chi connectivity index (χ2n) is 4.66. The summed E-state index contributed by atoms with van der Waals surface area (Å²) in [5.41, 5.74) is 2.71. The molecule has 1 aromatic rings. The van der Waals surface area contributed by atoms with Crippen molar-refractivity contribution >= 4 is 27.7 Å². The molecule has 19 heavy (non-hydrogen) atoms. The topological polar surface area (TPSA) is 62.6 Å². The van der Waals surface area contributed by atoms with E-state index in [-0.39, 0.29) is 6.23 Å². The normalized spacial score (nSPS) is 20.8. The van der Waals surface area contributed by atoms with Crippen molar-refractivity contribution in [2.24, 2.45) is 0 Å². The molecule has 1 aromatic heterocycles. The zero-order valence-electron chi connectivity index (χ0n) is 11.0. The summed E-state index contributed by atoms with van der Waals surface area (Å²) in [6.45, 7) is 2.85. The van der Waals surface area contributed by atoms with E-state index in [4.69, 9.17) is 10.1 Å². The third kappa shape index (κ3) is 3.96. The van der Waals surface area contributed by atoms with Crippen molar-refractivity contribution in [2.75, 3.05) is 6.61 Å². The van der Waals surface area contributed by atoms with Crippen LogP contribution in [0.2, 0.25) is 0 Å². The van der Waals surface area contributed by atoms with Crippen LogP contribution in [0.4, 0.5) is 0 Å². The van der Waals surface area contributed by atoms with Crippen molar-refractivity contribution < 1.29 is 10.1 Å². The van der Waals surface area contributed by atoms with Crippen molar-refractivity contribution in [3.63, 3.8) is 0 Å². The van der Waals surface area contributed by atoms with Crippen LogP contribution in [0.25, 0.3) is 5.57 Å². The zero-order chi connectivity index (χ0) is 13.7. The van der Waals surface area contributed by atoms with Gasteiger partial charge in [0.05, 0.1) is 17.9 Å². The molecule has 0 aromatic carbocycles. The van der Waals surface area contributed by atoms with Crippen LogP contribution in [0.1, 0.15) is 31.9 Å². The van der Waals surface area contributed by atoms with Gasteiger partial charge in [0.15, 0.2) is 6.23 Å². The molecule has 1 unspecified atom stereocenters. The molecule has 2 rings (SSSR count). The summed E-state index contributed by atoms with van der Waals surface area (Å²) in [6.07, 6.45) is 4.97. The highest BCUT2D eigenvalue weighted by atomic mass is 79.9. The van der Waals surface area contributed by atoms with Crippen LogP contribution in [0.5, 0.6) is 0 Å². The molecule has 3 N–H and O–H groups in total. The summed E-state index contributed by atoms with van der Waals surface area (Å²) in [7, 11) is 0. The van der Waals surface area contributed by atoms with Gasteiger partial charge in [-0.2, -0.15) is 0 Å². The first-order valence-corrected chi connectivity index (χ1v) is 7.31. The van der Waals surface area contributed by atoms with E-state index < -0.39 is 0 Å². The number of aromatic nitrogens is 1. The van der Waals surface area contributed by atoms with E-state index in [1.165, 1.54) is 12.6 Å². The number of hydrogen-bond donors (Lipinski definition) is 2. The van der Waals surface area contributed by atoms with Gasteiger partial charge in [0, 0.05) is 19.6 Å². The van der Waals surface area contributed by atoms with Crippen LogP contribution in [0.3, 0.4) is 0 Å². The van der Waals surface area contributed by atoms with Gasteiger partial charge in [-0.25, -0.2) is 4.98 Å². The quantitative estimate of drug-likeness (QED) is 0.659. The molecule has 1 aliphatic rings. The summed E-state index contributed by atoms with van der Waals surface area (Å²) in [5, 5.41) is 9.73. The molecule has 5 heteroatoms. The summed E-state index contributed by atoms with van der Waals surface area (Å²) >= 11 is 3.36. The van der Waals surface area contributed by atoms with E-state index in [0.717, 1.165) is 41.0 Å². The molecule has 1 fully saturated rings. The standard InChI is InChI=1S/C14H18BrN3O/c1-10(17-14-7-2-3-8-19-14)11(9-16)12-5-4-6-13(15)18-12/h4-6,9,14,16-17H,2-3,7-8H2,1H3/p+1/b11-10+,16-9?. The minimum atomic E-state index is 0.177. The molecule has 0 bridgehead atoms. The predicted molar refractivity (Wildman–Crippen MR) is 78.8 cm³/mol. The van der Waals surface area contributed by atoms with Gasteiger partial charge in [-0.3, -0.25) is 5.32 Å². The van der Waals surface area contributed by atoms with Crippen LogP contribution in [-0.4, -0.2) is 24.0 Å². The minimum Gasteiger partial charge on any atom is -0.329 e. The number of hydrogen-bond acceptors (Lipinski definition) is 3. The maximum absolute atomic E-state index is 7.62. The molecule has 0 spiro atoms. The van der Waals surface area contributed by atoms with E-state index >= 15 is 0 Å². The monoisotopic (exact) mass is 324 g/mol. The number of nitrogens with one attached hydrogen (secondary N) is 1. The number of quaternary nitrogens is 1. The third-order valence-electron chi connectivity index (χ3n) is 3.21. The lowest BCUT2D eigenvalue weighted by Gasteiger charge is -2.21. The molecule has 0 radical (unpaired) electrons. The minimum absolute atomic E-state index is 0.177. The van der Waals surface area contributed by atoms with Gasteiger partial charge in [0.2, 0.25) is 0 Å². The van der Waals surface area contributed by atoms with Gasteiger partial charge in [0.25, 0.3) is 0 Å². The van der Waals surface area contributed by atoms with Crippen molar-refractivity contribution in [3.8, 4) is 0 Å². The number of nitrogens with two attached hydrogens (primary N) is 1. The van der Waals surface area contributed by atoms with E-state index in [1.807, 2.05) is 25.1 Å². The van der Waals surface area contributed by atoms with Crippen molar-refractivity contribution in [1.82, 2.24) is 4.98 Å². The number of nitrogens with zero attached hydrogens (tertiary/aromatic N) is 1. The van der Waals surface area contributed by atoms with Crippen LogP contribution in [-0.2, 0) is 4.74 Å². The second kappa shape index (κ2) is 6.93. The Bertz CT molecular complexity index is 481. The number of allylic oxidation sites excluding steroid dienone is 2. The highest BCUT2D eigenvalue weighted by Crippen LogP contribution is 2.15. The molecular weight excluding hydrogens is 306 g/mol. The van der Waals surface area contributed by atoms with Crippen LogP contribution in [0, 0.1) is 5.41 Å². The lowest BCUT2D eigenvalue weighted by atomic mass is 10.1. The molecule has 0 amide bonds. The van der Waals surface area contributed by atoms with Gasteiger partial charge in [-0.05, 0) is 40.9 Å². The average Bonchev–Trinajstić information content (AvgIpc) is 2.41. The smallest absolute Gasteiger partial charge is 0.194 e. The van der Waals surface area contributed by atoms with Gasteiger partial charge in [0.1, 0.15) is 10.3 Å². The van der Waals surface area contributed by atoms with Gasteiger partial charge >= 0.3 is 0 Å². The number of ether oxygens (including phenoxy) is 1. The maximum Gasteiger partial charge on any atom is 0.194 e. The van der Waals surface area contributed by atoms with E-state index in [9.17, 15) is 0 Å². The van der Waals surface area contributed by atoms with Crippen LogP contribution < -0.4 is 5.32 Å². The fraction of sp³-hybridized carbons (Fsp3) is 0.429. The van der Waals surface area contributed by atoms with Crippen LogP contribution in [0.15, 0.2) is 28.5 Å². The highest BCUT2D eigenvalue weighted by Gasteiger charge is 2.19. The average molecular weight is 325 g/mol. The second-order valence-corrected chi connectivity index (χ2v) is 5.47. The molecule has 1 atom stereocenters. The Kier molecular flexibility index (Phi) is 5.24. The van der Waals surface area contributed by atoms with Gasteiger partial charge in [-0.1, -0.05) is 6.07 Å². The SMILES string of the molecule is C/C([NH2+]C1CCCCO1)=C(/C=N)c1cccc(Br)n1. The van der Waals surface area contributed by atoms with Crippen molar-refractivity contribution in [3.05, 3.63) is 34.2 Å². The first kappa shape index (κ1) is 14.4. The van der Waals surface area contributed by atoms with Gasteiger partial charge in [-0.15, -0.1) is 0 Å². The van der Waals surface area contributed by atoms with E-state index in [2.05, 4.69) is 26.2 Å². The molecule has 0 aliphatic carbocycles. The molecule has 1 saturated heterocycles. The lowest BCUT2D eigenvalue weighted by Crippen LogP contribution is -2.89. The zero-order valence-corrected chi connectivity index (χ0v) is 12.6. The molecule has 2 heterocycles. The van der Waals surface area contributed by atoms with Crippen LogP contribution >= 0.6 is 15.9 Å². The Morgan fingerprint density at radius 2 is 2.37 bits per heavy atom. The van der Waals surface area contributed by atoms with Gasteiger partial charge < -0.3 is 10.1 Å². The first-order valence-electron chi connectivity index (χ1n) is 6.51. The summed E-state index contributed by atoms with van der Waals surface area (Å²) < 4.78 is 6.49. The largest absolute Gasteiger partial charge is 0.329 e. The first-order chi connectivity index (χ1) is 9.20. The molecule has 1 aliphatic heterocycles. The van der Waals surface area contributed by atoms with E-state index in [0.29, 0.717) is 0 Å². The Morgan fingerprint density at radius 1 is 1.53 bits per heavy atom. The third-order valence-corrected chi connectivity index (χ3v) is 3.65. The molecule has 0 saturated carbocycles. The Morgan fingerprint density at radius 3 is 3.00 bits per heavy atom. The summed E-state index contributed by atoms with van der Waals surface area (Å²) in [4.78, 5) is 4.41.